The summed E-state index contributed by atoms with van der Waals surface area (Å²) < 4.78 is 5.43. The van der Waals surface area contributed by atoms with Crippen molar-refractivity contribution < 1.29 is 19.4 Å². The fraction of sp³-hybridized carbons (Fsp3) is 0.882. The van der Waals surface area contributed by atoms with E-state index in [4.69, 9.17) is 4.74 Å². The zero-order chi connectivity index (χ0) is 17.2. The Kier molecular flexibility index (Phi) is 5.66. The first kappa shape index (κ1) is 18.9. The van der Waals surface area contributed by atoms with E-state index < -0.39 is 11.0 Å². The van der Waals surface area contributed by atoms with Crippen LogP contribution in [0.25, 0.3) is 0 Å². The van der Waals surface area contributed by atoms with E-state index >= 15 is 0 Å². The Morgan fingerprint density at radius 1 is 1.32 bits per heavy atom. The monoisotopic (exact) mass is 313 g/mol. The zero-order valence-corrected chi connectivity index (χ0v) is 14.8. The van der Waals surface area contributed by atoms with Crippen LogP contribution in [-0.2, 0) is 9.53 Å². The van der Waals surface area contributed by atoms with Crippen molar-refractivity contribution in [3.63, 3.8) is 0 Å². The van der Waals surface area contributed by atoms with Crippen molar-refractivity contribution in [2.75, 3.05) is 13.7 Å². The summed E-state index contributed by atoms with van der Waals surface area (Å²) in [5, 5.41) is 9.46. The molecule has 1 saturated carbocycles. The molecule has 0 aromatic rings. The maximum atomic E-state index is 12.2. The number of ether oxygens (including phenoxy) is 1. The van der Waals surface area contributed by atoms with Crippen LogP contribution in [0.5, 0.6) is 0 Å². The third-order valence-corrected chi connectivity index (χ3v) is 5.22. The molecule has 22 heavy (non-hydrogen) atoms. The molecular weight excluding hydrogens is 282 g/mol. The van der Waals surface area contributed by atoms with Crippen molar-refractivity contribution in [1.82, 2.24) is 4.90 Å². The number of aliphatic hydroxyl groups excluding tert-OH is 1. The summed E-state index contributed by atoms with van der Waals surface area (Å²) in [4.78, 5) is 25.1. The number of hydrogen-bond acceptors (Lipinski definition) is 4. The summed E-state index contributed by atoms with van der Waals surface area (Å²) in [6, 6.07) is 0.00527. The summed E-state index contributed by atoms with van der Waals surface area (Å²) in [5.41, 5.74) is -1.18. The summed E-state index contributed by atoms with van der Waals surface area (Å²) in [6.45, 7) is 9.63. The Balaban J connectivity index is 2.74. The molecule has 0 aromatic carbocycles. The average molecular weight is 313 g/mol. The summed E-state index contributed by atoms with van der Waals surface area (Å²) in [7, 11) is 1.76. The van der Waals surface area contributed by atoms with E-state index in [1.54, 1.807) is 11.9 Å². The standard InChI is InChI=1S/C17H31NO4/c1-13(18(6)14(21)22-15(2,3)4)16(5)7-9-17(11-19,12-20)10-8-16/h11,13,20H,7-10,12H2,1-6H3/t13-,16?,17?/m1/s1. The number of carbonyl (C=O) groups is 2. The highest BCUT2D eigenvalue weighted by molar-refractivity contribution is 5.68. The van der Waals surface area contributed by atoms with Crippen LogP contribution >= 0.6 is 0 Å². The van der Waals surface area contributed by atoms with Crippen LogP contribution in [0, 0.1) is 10.8 Å². The van der Waals surface area contributed by atoms with Gasteiger partial charge in [0.1, 0.15) is 11.9 Å². The van der Waals surface area contributed by atoms with Crippen LogP contribution in [0.4, 0.5) is 4.79 Å². The topological polar surface area (TPSA) is 66.8 Å². The van der Waals surface area contributed by atoms with Crippen molar-refractivity contribution in [2.45, 2.75) is 71.9 Å². The van der Waals surface area contributed by atoms with Gasteiger partial charge in [-0.3, -0.25) is 0 Å². The van der Waals surface area contributed by atoms with E-state index in [9.17, 15) is 14.7 Å². The van der Waals surface area contributed by atoms with Crippen LogP contribution < -0.4 is 0 Å². The molecule has 0 saturated heterocycles. The molecule has 128 valence electrons. The quantitative estimate of drug-likeness (QED) is 0.810. The van der Waals surface area contributed by atoms with Crippen molar-refractivity contribution in [1.29, 1.82) is 0 Å². The lowest BCUT2D eigenvalue weighted by Crippen LogP contribution is -2.50. The molecule has 0 aliphatic heterocycles. The van der Waals surface area contributed by atoms with Gasteiger partial charge in [0.25, 0.3) is 0 Å². The fourth-order valence-electron chi connectivity index (χ4n) is 3.01. The lowest BCUT2D eigenvalue weighted by atomic mass is 9.62. The highest BCUT2D eigenvalue weighted by Crippen LogP contribution is 2.47. The second-order valence-corrected chi connectivity index (χ2v) is 8.06. The molecule has 5 heteroatoms. The minimum atomic E-state index is -0.594. The average Bonchev–Trinajstić information content (AvgIpc) is 2.45. The van der Waals surface area contributed by atoms with Crippen LogP contribution in [0.2, 0.25) is 0 Å². The molecule has 0 spiro atoms. The van der Waals surface area contributed by atoms with Gasteiger partial charge in [-0.1, -0.05) is 6.92 Å². The van der Waals surface area contributed by atoms with Crippen LogP contribution in [0.1, 0.15) is 60.3 Å². The molecule has 0 aromatic heterocycles. The van der Waals surface area contributed by atoms with Gasteiger partial charge in [-0.2, -0.15) is 0 Å². The Morgan fingerprint density at radius 3 is 2.18 bits per heavy atom. The second-order valence-electron chi connectivity index (χ2n) is 8.06. The van der Waals surface area contributed by atoms with Crippen LogP contribution in [0.15, 0.2) is 0 Å². The van der Waals surface area contributed by atoms with Gasteiger partial charge in [0.15, 0.2) is 0 Å². The molecule has 0 bridgehead atoms. The lowest BCUT2D eigenvalue weighted by Gasteiger charge is -2.47. The van der Waals surface area contributed by atoms with E-state index in [-0.39, 0.29) is 24.2 Å². The number of hydrogen-bond donors (Lipinski definition) is 1. The third kappa shape index (κ3) is 4.22. The van der Waals surface area contributed by atoms with E-state index in [2.05, 4.69) is 6.92 Å². The van der Waals surface area contributed by atoms with Crippen molar-refractivity contribution in [2.24, 2.45) is 10.8 Å². The molecule has 0 unspecified atom stereocenters. The van der Waals surface area contributed by atoms with E-state index in [1.165, 1.54) is 0 Å². The van der Waals surface area contributed by atoms with Crippen molar-refractivity contribution >= 4 is 12.4 Å². The minimum absolute atomic E-state index is 0.00527. The summed E-state index contributed by atoms with van der Waals surface area (Å²) in [6.07, 6.45) is 3.51. The Morgan fingerprint density at radius 2 is 1.82 bits per heavy atom. The number of amides is 1. The minimum Gasteiger partial charge on any atom is -0.444 e. The van der Waals surface area contributed by atoms with Crippen LogP contribution in [0.3, 0.4) is 0 Å². The number of aliphatic hydroxyl groups is 1. The third-order valence-electron chi connectivity index (χ3n) is 5.22. The largest absolute Gasteiger partial charge is 0.444 e. The molecule has 1 amide bonds. The molecule has 1 rings (SSSR count). The SMILES string of the molecule is C[C@@H](N(C)C(=O)OC(C)(C)C)C1(C)CCC(C=O)(CO)CC1. The fourth-order valence-corrected chi connectivity index (χ4v) is 3.01. The summed E-state index contributed by atoms with van der Waals surface area (Å²) in [5.74, 6) is 0. The lowest BCUT2D eigenvalue weighted by molar-refractivity contribution is -0.123. The highest BCUT2D eigenvalue weighted by atomic mass is 16.6. The number of rotatable bonds is 4. The predicted octanol–water partition coefficient (Wildman–Crippen LogP) is 3.00. The van der Waals surface area contributed by atoms with E-state index in [0.29, 0.717) is 12.8 Å². The van der Waals surface area contributed by atoms with E-state index in [0.717, 1.165) is 19.1 Å². The van der Waals surface area contributed by atoms with Crippen LogP contribution in [-0.4, -0.2) is 47.7 Å². The first-order chi connectivity index (χ1) is 9.98. The Labute approximate surface area is 134 Å². The van der Waals surface area contributed by atoms with Gasteiger partial charge in [-0.05, 0) is 58.8 Å². The van der Waals surface area contributed by atoms with Gasteiger partial charge < -0.3 is 19.5 Å². The van der Waals surface area contributed by atoms with Gasteiger partial charge >= 0.3 is 6.09 Å². The predicted molar refractivity (Wildman–Crippen MR) is 85.6 cm³/mol. The molecule has 1 N–H and O–H groups in total. The van der Waals surface area contributed by atoms with Gasteiger partial charge in [0, 0.05) is 18.5 Å². The van der Waals surface area contributed by atoms with Gasteiger partial charge in [0.2, 0.25) is 0 Å². The second kappa shape index (κ2) is 6.57. The molecule has 1 atom stereocenters. The molecule has 1 fully saturated rings. The summed E-state index contributed by atoms with van der Waals surface area (Å²) >= 11 is 0. The van der Waals surface area contributed by atoms with E-state index in [1.807, 2.05) is 27.7 Å². The van der Waals surface area contributed by atoms with Gasteiger partial charge in [-0.15, -0.1) is 0 Å². The highest BCUT2D eigenvalue weighted by Gasteiger charge is 2.44. The van der Waals surface area contributed by atoms with Crippen molar-refractivity contribution in [3.05, 3.63) is 0 Å². The molecule has 1 aliphatic rings. The number of aldehydes is 1. The maximum absolute atomic E-state index is 12.2. The molecule has 1 aliphatic carbocycles. The van der Waals surface area contributed by atoms with Gasteiger partial charge in [-0.25, -0.2) is 4.79 Å². The Bertz CT molecular complexity index is 405. The normalized spacial score (nSPS) is 30.5. The first-order valence-corrected chi connectivity index (χ1v) is 8.02. The molecule has 5 nitrogen and oxygen atoms in total. The molecule has 0 radical (unpaired) electrons. The first-order valence-electron chi connectivity index (χ1n) is 8.02. The van der Waals surface area contributed by atoms with Crippen molar-refractivity contribution in [3.8, 4) is 0 Å². The number of nitrogens with zero attached hydrogens (tertiary/aromatic N) is 1. The smallest absolute Gasteiger partial charge is 0.410 e. The zero-order valence-electron chi connectivity index (χ0n) is 14.8. The molecule has 0 heterocycles. The maximum Gasteiger partial charge on any atom is 0.410 e. The number of carbonyl (C=O) groups excluding carboxylic acids is 2. The Hall–Kier alpha value is -1.10. The van der Waals surface area contributed by atoms with Gasteiger partial charge in [0.05, 0.1) is 6.61 Å². The molecular formula is C17H31NO4.